The van der Waals surface area contributed by atoms with Crippen molar-refractivity contribution in [3.8, 4) is 0 Å². The number of imidazole rings is 1. The van der Waals surface area contributed by atoms with Crippen LogP contribution < -0.4 is 10.6 Å². The largest absolute Gasteiger partial charge is 0.340 e. The molecule has 0 aliphatic carbocycles. The highest BCUT2D eigenvalue weighted by Crippen LogP contribution is 2.32. The molecule has 0 saturated carbocycles. The minimum absolute atomic E-state index is 0.0469. The van der Waals surface area contributed by atoms with E-state index in [4.69, 9.17) is 0 Å². The van der Waals surface area contributed by atoms with Gasteiger partial charge in [0.25, 0.3) is 5.91 Å². The number of benzene rings is 2. The summed E-state index contributed by atoms with van der Waals surface area (Å²) in [6.45, 7) is 1.59. The first kappa shape index (κ1) is 17.8. The van der Waals surface area contributed by atoms with Crippen LogP contribution in [-0.2, 0) is 17.9 Å². The number of anilines is 1. The Morgan fingerprint density at radius 3 is 2.86 bits per heavy atom. The number of aromatic amines is 1. The summed E-state index contributed by atoms with van der Waals surface area (Å²) >= 11 is 0. The number of hydrogen-bond donors (Lipinski definition) is 3. The monoisotopic (exact) mass is 393 g/mol. The Hall–Kier alpha value is -3.26. The normalized spacial score (nSPS) is 18.5. The number of aromatic nitrogens is 2. The quantitative estimate of drug-likeness (QED) is 0.638. The summed E-state index contributed by atoms with van der Waals surface area (Å²) < 4.78 is 14.2. The number of carbonyl (C=O) groups is 2. The highest BCUT2D eigenvalue weighted by atomic mass is 19.1. The summed E-state index contributed by atoms with van der Waals surface area (Å²) in [6, 6.07) is 8.07. The van der Waals surface area contributed by atoms with Gasteiger partial charge in [-0.15, -0.1) is 0 Å². The van der Waals surface area contributed by atoms with Gasteiger partial charge in [-0.1, -0.05) is 6.07 Å². The van der Waals surface area contributed by atoms with Gasteiger partial charge in [0.2, 0.25) is 5.91 Å². The van der Waals surface area contributed by atoms with Crippen molar-refractivity contribution in [3.63, 3.8) is 0 Å². The number of H-pyrrole nitrogens is 1. The van der Waals surface area contributed by atoms with Gasteiger partial charge >= 0.3 is 0 Å². The van der Waals surface area contributed by atoms with Crippen LogP contribution in [0.1, 0.15) is 46.2 Å². The molecule has 148 valence electrons. The molecule has 29 heavy (non-hydrogen) atoms. The van der Waals surface area contributed by atoms with E-state index >= 15 is 0 Å². The lowest BCUT2D eigenvalue weighted by atomic mass is 10.1. The van der Waals surface area contributed by atoms with Crippen LogP contribution in [0.5, 0.6) is 0 Å². The van der Waals surface area contributed by atoms with E-state index in [9.17, 15) is 14.0 Å². The van der Waals surface area contributed by atoms with Crippen LogP contribution in [0.15, 0.2) is 30.3 Å². The molecular formula is C21H20FN5O2. The van der Waals surface area contributed by atoms with Crippen molar-refractivity contribution in [1.82, 2.24) is 20.2 Å². The maximum absolute atomic E-state index is 14.2. The zero-order valence-corrected chi connectivity index (χ0v) is 15.9. The second kappa shape index (κ2) is 6.66. The summed E-state index contributed by atoms with van der Waals surface area (Å²) in [4.78, 5) is 34.0. The average Bonchev–Trinajstić information content (AvgIpc) is 3.40. The zero-order chi connectivity index (χ0) is 20.1. The molecule has 3 N–H and O–H groups in total. The Morgan fingerprint density at radius 2 is 2.07 bits per heavy atom. The van der Waals surface area contributed by atoms with Crippen LogP contribution in [0.4, 0.5) is 10.1 Å². The molecule has 5 rings (SSSR count). The number of amides is 2. The Balaban J connectivity index is 1.49. The molecule has 2 aliphatic rings. The van der Waals surface area contributed by atoms with Gasteiger partial charge in [-0.05, 0) is 41.8 Å². The van der Waals surface area contributed by atoms with Crippen LogP contribution in [0.3, 0.4) is 0 Å². The van der Waals surface area contributed by atoms with E-state index < -0.39 is 11.7 Å². The fourth-order valence-electron chi connectivity index (χ4n) is 4.13. The number of rotatable bonds is 3. The first-order valence-electron chi connectivity index (χ1n) is 9.58. The van der Waals surface area contributed by atoms with Crippen molar-refractivity contribution >= 4 is 28.5 Å². The van der Waals surface area contributed by atoms with Crippen molar-refractivity contribution < 1.29 is 14.0 Å². The van der Waals surface area contributed by atoms with Gasteiger partial charge in [0, 0.05) is 32.2 Å². The summed E-state index contributed by atoms with van der Waals surface area (Å²) in [5, 5.41) is 6.11. The molecule has 1 atom stereocenters. The van der Waals surface area contributed by atoms with Crippen molar-refractivity contribution in [3.05, 3.63) is 58.7 Å². The Morgan fingerprint density at radius 1 is 1.24 bits per heavy atom. The Bertz CT molecular complexity index is 1160. The van der Waals surface area contributed by atoms with Crippen molar-refractivity contribution in [2.75, 3.05) is 12.4 Å². The molecular weight excluding hydrogens is 373 g/mol. The van der Waals surface area contributed by atoms with E-state index in [0.29, 0.717) is 35.4 Å². The second-order valence-corrected chi connectivity index (χ2v) is 7.57. The molecule has 1 fully saturated rings. The molecule has 2 amide bonds. The van der Waals surface area contributed by atoms with E-state index in [1.54, 1.807) is 11.9 Å². The number of fused-ring (bicyclic) bond motifs is 2. The summed E-state index contributed by atoms with van der Waals surface area (Å²) in [5.74, 6) is -0.330. The number of halogens is 1. The van der Waals surface area contributed by atoms with Crippen LogP contribution in [0.2, 0.25) is 0 Å². The maximum Gasteiger partial charge on any atom is 0.258 e. The molecule has 2 aromatic carbocycles. The molecule has 0 bridgehead atoms. The third-order valence-electron chi connectivity index (χ3n) is 5.72. The number of nitrogens with zero attached hydrogens (tertiary/aromatic N) is 2. The Kier molecular flexibility index (Phi) is 4.09. The predicted molar refractivity (Wildman–Crippen MR) is 106 cm³/mol. The highest BCUT2D eigenvalue weighted by molar-refractivity contribution is 6.11. The smallest absolute Gasteiger partial charge is 0.258 e. The number of carbonyl (C=O) groups excluding carboxylic acids is 2. The molecule has 1 aromatic heterocycles. The lowest BCUT2D eigenvalue weighted by Crippen LogP contribution is -2.23. The first-order chi connectivity index (χ1) is 14.0. The number of likely N-dealkylation sites (tertiary alicyclic amines) is 1. The standard InChI is InChI=1S/C21H20FN5O2/c1-27-17(4-5-18(27)28)20-25-16-8-13(22)7-15(19(16)26-20)21(29)24-14-3-2-11-9-23-10-12(11)6-14/h2-3,6-8,17,23H,4-5,9-10H2,1H3,(H,24,29)(H,25,26)/t17-/m0/s1. The minimum Gasteiger partial charge on any atom is -0.340 e. The second-order valence-electron chi connectivity index (χ2n) is 7.57. The summed E-state index contributed by atoms with van der Waals surface area (Å²) in [5.41, 5.74) is 4.01. The highest BCUT2D eigenvalue weighted by Gasteiger charge is 2.31. The van der Waals surface area contributed by atoms with E-state index in [2.05, 4.69) is 20.6 Å². The third kappa shape index (κ3) is 3.05. The van der Waals surface area contributed by atoms with Gasteiger partial charge in [-0.25, -0.2) is 9.37 Å². The number of hydrogen-bond acceptors (Lipinski definition) is 4. The molecule has 2 aliphatic heterocycles. The zero-order valence-electron chi connectivity index (χ0n) is 15.9. The van der Waals surface area contributed by atoms with Crippen molar-refractivity contribution in [1.29, 1.82) is 0 Å². The molecule has 1 saturated heterocycles. The predicted octanol–water partition coefficient (Wildman–Crippen LogP) is 2.85. The SMILES string of the molecule is CN1C(=O)CC[C@H]1c1nc2c(C(=O)Nc3ccc4c(c3)CNC4)cc(F)cc2[nH]1. The van der Waals surface area contributed by atoms with Gasteiger partial charge < -0.3 is 20.5 Å². The summed E-state index contributed by atoms with van der Waals surface area (Å²) in [7, 11) is 1.73. The van der Waals surface area contributed by atoms with Crippen molar-refractivity contribution in [2.24, 2.45) is 0 Å². The molecule has 3 aromatic rings. The van der Waals surface area contributed by atoms with Gasteiger partial charge in [-0.3, -0.25) is 9.59 Å². The lowest BCUT2D eigenvalue weighted by Gasteiger charge is -2.17. The average molecular weight is 393 g/mol. The fourth-order valence-corrected chi connectivity index (χ4v) is 4.13. The summed E-state index contributed by atoms with van der Waals surface area (Å²) in [6.07, 6.45) is 1.09. The number of nitrogens with one attached hydrogen (secondary N) is 3. The van der Waals surface area contributed by atoms with Crippen LogP contribution in [-0.4, -0.2) is 33.7 Å². The Labute approximate surface area is 166 Å². The molecule has 3 heterocycles. The molecule has 0 spiro atoms. The van der Waals surface area contributed by atoms with Gasteiger partial charge in [0.15, 0.2) is 0 Å². The fraction of sp³-hybridized carbons (Fsp3) is 0.286. The van der Waals surface area contributed by atoms with E-state index in [1.165, 1.54) is 17.7 Å². The van der Waals surface area contributed by atoms with Crippen LogP contribution in [0.25, 0.3) is 11.0 Å². The van der Waals surface area contributed by atoms with E-state index in [0.717, 1.165) is 18.7 Å². The molecule has 8 heteroatoms. The molecule has 0 unspecified atom stereocenters. The van der Waals surface area contributed by atoms with Crippen molar-refractivity contribution in [2.45, 2.75) is 32.0 Å². The first-order valence-corrected chi connectivity index (χ1v) is 9.58. The van der Waals surface area contributed by atoms with Crippen LogP contribution in [0, 0.1) is 5.82 Å². The maximum atomic E-state index is 14.2. The van der Waals surface area contributed by atoms with Crippen LogP contribution >= 0.6 is 0 Å². The van der Waals surface area contributed by atoms with E-state index in [1.807, 2.05) is 18.2 Å². The minimum atomic E-state index is -0.521. The van der Waals surface area contributed by atoms with Gasteiger partial charge in [0.05, 0.1) is 17.1 Å². The molecule has 7 nitrogen and oxygen atoms in total. The third-order valence-corrected chi connectivity index (χ3v) is 5.72. The molecule has 0 radical (unpaired) electrons. The lowest BCUT2D eigenvalue weighted by molar-refractivity contribution is -0.127. The topological polar surface area (TPSA) is 90.1 Å². The van der Waals surface area contributed by atoms with Gasteiger partial charge in [0.1, 0.15) is 17.2 Å². The van der Waals surface area contributed by atoms with Gasteiger partial charge in [-0.2, -0.15) is 0 Å². The van der Waals surface area contributed by atoms with E-state index in [-0.39, 0.29) is 17.5 Å².